The largest absolute Gasteiger partial charge is 0.573 e. The molecule has 0 spiro atoms. The van der Waals surface area contributed by atoms with Crippen LogP contribution in [0.25, 0.3) is 0 Å². The number of alkyl halides is 3. The lowest BCUT2D eigenvalue weighted by Crippen LogP contribution is -2.27. The van der Waals surface area contributed by atoms with E-state index < -0.39 is 23.7 Å². The van der Waals surface area contributed by atoms with Crippen LogP contribution >= 0.6 is 0 Å². The van der Waals surface area contributed by atoms with E-state index in [1.165, 1.54) is 0 Å². The number of halogens is 5. The zero-order chi connectivity index (χ0) is 18.9. The van der Waals surface area contributed by atoms with Gasteiger partial charge in [0.2, 0.25) is 5.75 Å². The fraction of sp³-hybridized carbons (Fsp3) is 0.600. The molecule has 0 aromatic heterocycles. The Hall–Kier alpha value is -1.59. The fourth-order valence-corrected chi connectivity index (χ4v) is 4.55. The molecule has 2 aliphatic rings. The average Bonchev–Trinajstić information content (AvgIpc) is 2.58. The van der Waals surface area contributed by atoms with Crippen LogP contribution in [0.3, 0.4) is 0 Å². The second-order valence-electron chi connectivity index (χ2n) is 7.39. The van der Waals surface area contributed by atoms with E-state index in [-0.39, 0.29) is 5.56 Å². The van der Waals surface area contributed by atoms with E-state index >= 15 is 0 Å². The van der Waals surface area contributed by atoms with Gasteiger partial charge in [-0.3, -0.25) is 0 Å². The lowest BCUT2D eigenvalue weighted by atomic mass is 9.69. The summed E-state index contributed by atoms with van der Waals surface area (Å²) in [7, 11) is 0. The summed E-state index contributed by atoms with van der Waals surface area (Å²) < 4.78 is 69.0. The topological polar surface area (TPSA) is 9.23 Å². The molecule has 0 radical (unpaired) electrons. The smallest absolute Gasteiger partial charge is 0.399 e. The van der Waals surface area contributed by atoms with Crippen LogP contribution in [0.4, 0.5) is 22.0 Å². The molecule has 0 aliphatic heterocycles. The highest BCUT2D eigenvalue weighted by Gasteiger charge is 2.37. The van der Waals surface area contributed by atoms with Crippen molar-refractivity contribution >= 4 is 0 Å². The number of hydrogen-bond donors (Lipinski definition) is 0. The Labute approximate surface area is 150 Å². The number of benzene rings is 1. The number of ether oxygens (including phenoxy) is 1. The third-order valence-electron chi connectivity index (χ3n) is 5.78. The van der Waals surface area contributed by atoms with Crippen molar-refractivity contribution in [1.82, 2.24) is 0 Å². The fourth-order valence-electron chi connectivity index (χ4n) is 4.55. The quantitative estimate of drug-likeness (QED) is 0.442. The molecular weight excluding hydrogens is 351 g/mol. The van der Waals surface area contributed by atoms with Crippen molar-refractivity contribution in [3.8, 4) is 5.75 Å². The first-order chi connectivity index (χ1) is 12.3. The standard InChI is InChI=1S/C20H23F5O/c1-2-3-12-4-6-13(7-5-12)14-8-9-16-15(10-14)11-17(21)19(18(16)22)26-20(23,24)25/h2-3,11-14H,4-10H2,1H3/b3-2+. The van der Waals surface area contributed by atoms with E-state index in [0.29, 0.717) is 36.2 Å². The molecule has 1 nitrogen and oxygen atoms in total. The maximum atomic E-state index is 14.4. The first kappa shape index (κ1) is 19.2. The van der Waals surface area contributed by atoms with E-state index in [9.17, 15) is 22.0 Å². The van der Waals surface area contributed by atoms with Crippen LogP contribution < -0.4 is 4.74 Å². The predicted octanol–water partition coefficient (Wildman–Crippen LogP) is 6.35. The van der Waals surface area contributed by atoms with Gasteiger partial charge in [0.05, 0.1) is 0 Å². The summed E-state index contributed by atoms with van der Waals surface area (Å²) >= 11 is 0. The molecule has 0 bridgehead atoms. The molecule has 1 atom stereocenters. The number of allylic oxidation sites excluding steroid dienone is 2. The first-order valence-corrected chi connectivity index (χ1v) is 9.16. The number of fused-ring (bicyclic) bond motifs is 1. The minimum atomic E-state index is -5.11. The summed E-state index contributed by atoms with van der Waals surface area (Å²) in [6.07, 6.45) is 5.21. The molecule has 0 saturated heterocycles. The van der Waals surface area contributed by atoms with Crippen LogP contribution in [0, 0.1) is 29.4 Å². The van der Waals surface area contributed by atoms with Crippen LogP contribution in [-0.2, 0) is 12.8 Å². The lowest BCUT2D eigenvalue weighted by molar-refractivity contribution is -0.276. The molecule has 1 fully saturated rings. The van der Waals surface area contributed by atoms with Crippen LogP contribution in [0.5, 0.6) is 5.75 Å². The zero-order valence-corrected chi connectivity index (χ0v) is 14.7. The van der Waals surface area contributed by atoms with Crippen molar-refractivity contribution in [3.05, 3.63) is 41.0 Å². The summed E-state index contributed by atoms with van der Waals surface area (Å²) in [4.78, 5) is 0. The highest BCUT2D eigenvalue weighted by atomic mass is 19.4. The third-order valence-corrected chi connectivity index (χ3v) is 5.78. The SMILES string of the molecule is C/C=C/C1CCC(C2CCc3c(cc(F)c(OC(F)(F)F)c3F)C2)CC1. The molecule has 0 amide bonds. The maximum absolute atomic E-state index is 14.4. The average molecular weight is 374 g/mol. The van der Waals surface area contributed by atoms with Crippen molar-refractivity contribution in [1.29, 1.82) is 0 Å². The Morgan fingerprint density at radius 3 is 2.35 bits per heavy atom. The van der Waals surface area contributed by atoms with Crippen molar-refractivity contribution in [3.63, 3.8) is 0 Å². The zero-order valence-electron chi connectivity index (χ0n) is 14.7. The molecular formula is C20H23F5O. The van der Waals surface area contributed by atoms with Gasteiger partial charge in [-0.15, -0.1) is 13.2 Å². The highest BCUT2D eigenvalue weighted by Crippen LogP contribution is 2.42. The molecule has 3 rings (SSSR count). The summed E-state index contributed by atoms with van der Waals surface area (Å²) in [5.41, 5.74) is 0.658. The van der Waals surface area contributed by atoms with Crippen molar-refractivity contribution < 1.29 is 26.7 Å². The van der Waals surface area contributed by atoms with Crippen LogP contribution in [-0.4, -0.2) is 6.36 Å². The molecule has 26 heavy (non-hydrogen) atoms. The molecule has 2 aliphatic carbocycles. The molecule has 1 saturated carbocycles. The molecule has 0 N–H and O–H groups in total. The minimum absolute atomic E-state index is 0.171. The van der Waals surface area contributed by atoms with Gasteiger partial charge in [-0.05, 0) is 86.8 Å². The summed E-state index contributed by atoms with van der Waals surface area (Å²) in [6, 6.07) is 1.02. The first-order valence-electron chi connectivity index (χ1n) is 9.16. The van der Waals surface area contributed by atoms with Gasteiger partial charge in [-0.1, -0.05) is 12.2 Å². The van der Waals surface area contributed by atoms with E-state index in [1.54, 1.807) is 0 Å². The normalized spacial score (nSPS) is 26.8. The number of rotatable bonds is 3. The summed E-state index contributed by atoms with van der Waals surface area (Å²) in [5, 5.41) is 0. The van der Waals surface area contributed by atoms with Gasteiger partial charge in [0.25, 0.3) is 0 Å². The van der Waals surface area contributed by atoms with Crippen LogP contribution in [0.15, 0.2) is 18.2 Å². The summed E-state index contributed by atoms with van der Waals surface area (Å²) in [6.45, 7) is 2.02. The van der Waals surface area contributed by atoms with Gasteiger partial charge in [0, 0.05) is 0 Å². The van der Waals surface area contributed by atoms with Crippen LogP contribution in [0.2, 0.25) is 0 Å². The molecule has 1 unspecified atom stereocenters. The second-order valence-corrected chi connectivity index (χ2v) is 7.39. The number of hydrogen-bond acceptors (Lipinski definition) is 1. The van der Waals surface area contributed by atoms with Crippen molar-refractivity contribution in [2.45, 2.75) is 58.2 Å². The molecule has 0 heterocycles. The molecule has 1 aromatic rings. The Morgan fingerprint density at radius 1 is 1.04 bits per heavy atom. The van der Waals surface area contributed by atoms with Crippen LogP contribution in [0.1, 0.15) is 50.2 Å². The van der Waals surface area contributed by atoms with E-state index in [0.717, 1.165) is 38.2 Å². The Balaban J connectivity index is 1.73. The highest BCUT2D eigenvalue weighted by molar-refractivity contribution is 5.41. The molecule has 6 heteroatoms. The van der Waals surface area contributed by atoms with Gasteiger partial charge < -0.3 is 4.74 Å². The van der Waals surface area contributed by atoms with Gasteiger partial charge in [-0.2, -0.15) is 0 Å². The van der Waals surface area contributed by atoms with Crippen molar-refractivity contribution in [2.75, 3.05) is 0 Å². The van der Waals surface area contributed by atoms with E-state index in [2.05, 4.69) is 16.9 Å². The Morgan fingerprint density at radius 2 is 1.73 bits per heavy atom. The van der Waals surface area contributed by atoms with Gasteiger partial charge in [0.15, 0.2) is 11.6 Å². The Bertz CT molecular complexity index is 672. The minimum Gasteiger partial charge on any atom is -0.399 e. The predicted molar refractivity (Wildman–Crippen MR) is 88.8 cm³/mol. The second kappa shape index (κ2) is 7.57. The van der Waals surface area contributed by atoms with E-state index in [4.69, 9.17) is 0 Å². The lowest BCUT2D eigenvalue weighted by Gasteiger charge is -2.36. The van der Waals surface area contributed by atoms with Gasteiger partial charge in [0.1, 0.15) is 0 Å². The molecule has 144 valence electrons. The van der Waals surface area contributed by atoms with Gasteiger partial charge >= 0.3 is 6.36 Å². The maximum Gasteiger partial charge on any atom is 0.573 e. The monoisotopic (exact) mass is 374 g/mol. The molecule has 1 aromatic carbocycles. The third kappa shape index (κ3) is 4.21. The van der Waals surface area contributed by atoms with E-state index in [1.807, 2.05) is 6.92 Å². The Kier molecular flexibility index (Phi) is 5.58. The summed E-state index contributed by atoms with van der Waals surface area (Å²) in [5.74, 6) is -2.35. The van der Waals surface area contributed by atoms with Crippen molar-refractivity contribution in [2.24, 2.45) is 17.8 Å². The van der Waals surface area contributed by atoms with Gasteiger partial charge in [-0.25, -0.2) is 8.78 Å².